The second kappa shape index (κ2) is 5.08. The molecule has 12 heteroatoms. The van der Waals surface area contributed by atoms with Gasteiger partial charge in [-0.15, -0.1) is 20.4 Å². The Morgan fingerprint density at radius 3 is 2.26 bits per heavy atom. The molecule has 3 aromatic rings. The summed E-state index contributed by atoms with van der Waals surface area (Å²) in [5.41, 5.74) is 1.28. The van der Waals surface area contributed by atoms with E-state index in [4.69, 9.17) is 5.84 Å². The zero-order valence-electron chi connectivity index (χ0n) is 12.2. The molecular weight excluding hydrogens is 333 g/mol. The second-order valence-electron chi connectivity index (χ2n) is 4.81. The lowest BCUT2D eigenvalue weighted by Gasteiger charge is -2.10. The third-order valence-corrected chi connectivity index (χ3v) is 4.37. The van der Waals surface area contributed by atoms with Crippen LogP contribution in [0, 0.1) is 20.8 Å². The molecule has 0 aliphatic rings. The Morgan fingerprint density at radius 2 is 1.70 bits per heavy atom. The smallest absolute Gasteiger partial charge is 0.336 e. The molecule has 122 valence electrons. The first-order chi connectivity index (χ1) is 10.7. The average molecular weight is 344 g/mol. The fourth-order valence-electron chi connectivity index (χ4n) is 1.88. The zero-order valence-corrected chi connectivity index (χ0v) is 13.1. The van der Waals surface area contributed by atoms with Crippen molar-refractivity contribution >= 4 is 17.4 Å². The first-order valence-electron chi connectivity index (χ1n) is 6.35. The van der Waals surface area contributed by atoms with E-state index in [1.54, 1.807) is 20.8 Å². The van der Waals surface area contributed by atoms with Crippen molar-refractivity contribution in [1.82, 2.24) is 34.7 Å². The largest absolute Gasteiger partial charge is 0.453 e. The maximum atomic E-state index is 13.0. The summed E-state index contributed by atoms with van der Waals surface area (Å²) in [5.74, 6) is 5.06. The first-order valence-corrected chi connectivity index (χ1v) is 7.16. The van der Waals surface area contributed by atoms with Gasteiger partial charge in [-0.1, -0.05) is 0 Å². The third-order valence-electron chi connectivity index (χ3n) is 3.33. The lowest BCUT2D eigenvalue weighted by Crippen LogP contribution is -2.14. The average Bonchev–Trinajstić information content (AvgIpc) is 3.02. The van der Waals surface area contributed by atoms with E-state index in [9.17, 15) is 13.2 Å². The number of aryl methyl sites for hydroxylation is 2. The van der Waals surface area contributed by atoms with Gasteiger partial charge in [-0.2, -0.15) is 22.8 Å². The lowest BCUT2D eigenvalue weighted by molar-refractivity contribution is -0.146. The van der Waals surface area contributed by atoms with E-state index >= 15 is 0 Å². The molecule has 8 nitrogen and oxygen atoms in total. The van der Waals surface area contributed by atoms with Crippen LogP contribution in [0.2, 0.25) is 0 Å². The van der Waals surface area contributed by atoms with Gasteiger partial charge in [-0.25, -0.2) is 4.68 Å². The minimum atomic E-state index is -4.65. The number of aromatic nitrogens is 7. The van der Waals surface area contributed by atoms with Gasteiger partial charge in [0.15, 0.2) is 5.65 Å². The van der Waals surface area contributed by atoms with E-state index in [2.05, 4.69) is 25.5 Å². The predicted octanol–water partition coefficient (Wildman–Crippen LogP) is 1.52. The summed E-state index contributed by atoms with van der Waals surface area (Å²) in [6.07, 6.45) is -4.65. The Labute approximate surface area is 131 Å². The number of hydrogen-bond acceptors (Lipinski definition) is 7. The molecular formula is C11H11F3N8S. The second-order valence-corrected chi connectivity index (χ2v) is 5.77. The van der Waals surface area contributed by atoms with Crippen LogP contribution in [0.4, 0.5) is 13.2 Å². The van der Waals surface area contributed by atoms with Crippen molar-refractivity contribution in [2.75, 3.05) is 5.84 Å². The number of alkyl halides is 3. The summed E-state index contributed by atoms with van der Waals surface area (Å²) >= 11 is 1.02. The van der Waals surface area contributed by atoms with Gasteiger partial charge in [0, 0.05) is 5.56 Å². The summed E-state index contributed by atoms with van der Waals surface area (Å²) in [6.45, 7) is 5.05. The molecule has 0 atom stereocenters. The maximum Gasteiger partial charge on any atom is 0.453 e. The summed E-state index contributed by atoms with van der Waals surface area (Å²) in [4.78, 5) is 0. The van der Waals surface area contributed by atoms with Crippen LogP contribution in [0.15, 0.2) is 10.2 Å². The molecule has 0 unspecified atom stereocenters. The van der Waals surface area contributed by atoms with Gasteiger partial charge in [0.1, 0.15) is 10.9 Å². The molecule has 0 bridgehead atoms. The molecule has 3 rings (SSSR count). The van der Waals surface area contributed by atoms with Crippen LogP contribution in [0.1, 0.15) is 22.8 Å². The Kier molecular flexibility index (Phi) is 3.43. The van der Waals surface area contributed by atoms with Gasteiger partial charge in [-0.05, 0) is 38.1 Å². The van der Waals surface area contributed by atoms with Gasteiger partial charge in [0.05, 0.1) is 0 Å². The van der Waals surface area contributed by atoms with Crippen LogP contribution in [0.3, 0.4) is 0 Å². The number of halogens is 3. The Morgan fingerprint density at radius 1 is 1.00 bits per heavy atom. The highest BCUT2D eigenvalue weighted by Gasteiger charge is 2.38. The van der Waals surface area contributed by atoms with Crippen molar-refractivity contribution < 1.29 is 13.2 Å². The molecule has 0 amide bonds. The quantitative estimate of drug-likeness (QED) is 0.704. The van der Waals surface area contributed by atoms with Crippen LogP contribution < -0.4 is 5.84 Å². The minimum Gasteiger partial charge on any atom is -0.336 e. The summed E-state index contributed by atoms with van der Waals surface area (Å²) in [5, 5.41) is 19.1. The highest BCUT2D eigenvalue weighted by Crippen LogP contribution is 2.32. The molecule has 0 fully saturated rings. The molecule has 0 spiro atoms. The molecule has 0 saturated carbocycles. The number of nitrogens with zero attached hydrogens (tertiary/aromatic N) is 7. The minimum absolute atomic E-state index is 0.0598. The van der Waals surface area contributed by atoms with Crippen molar-refractivity contribution in [2.24, 2.45) is 0 Å². The lowest BCUT2D eigenvalue weighted by atomic mass is 10.2. The van der Waals surface area contributed by atoms with Crippen molar-refractivity contribution in [1.29, 1.82) is 0 Å². The van der Waals surface area contributed by atoms with E-state index in [0.717, 1.165) is 11.8 Å². The summed E-state index contributed by atoms with van der Waals surface area (Å²) in [7, 11) is 0. The summed E-state index contributed by atoms with van der Waals surface area (Å²) in [6, 6.07) is 0. The van der Waals surface area contributed by atoms with Crippen LogP contribution in [0.5, 0.6) is 0 Å². The predicted molar refractivity (Wildman–Crippen MR) is 74.3 cm³/mol. The topological polar surface area (TPSA) is 99.8 Å². The zero-order chi connectivity index (χ0) is 16.9. The van der Waals surface area contributed by atoms with E-state index in [1.165, 1.54) is 4.68 Å². The Balaban J connectivity index is 2.17. The standard InChI is InChI=1S/C11H11F3N8S/c1-4-5(2)8(23-10-19-16-6(3)21(10)15)20-22-7(4)17-18-9(22)11(12,13)14/h15H2,1-3H3. The van der Waals surface area contributed by atoms with E-state index in [-0.39, 0.29) is 5.65 Å². The fourth-order valence-corrected chi connectivity index (χ4v) is 2.80. The molecule has 23 heavy (non-hydrogen) atoms. The van der Waals surface area contributed by atoms with Crippen LogP contribution in [0.25, 0.3) is 5.65 Å². The first kappa shape index (κ1) is 15.5. The van der Waals surface area contributed by atoms with Crippen molar-refractivity contribution in [2.45, 2.75) is 37.1 Å². The monoisotopic (exact) mass is 344 g/mol. The molecule has 3 aromatic heterocycles. The molecule has 0 aromatic carbocycles. The Bertz CT molecular complexity index is 897. The van der Waals surface area contributed by atoms with Crippen LogP contribution >= 0.6 is 11.8 Å². The van der Waals surface area contributed by atoms with Crippen molar-refractivity contribution in [3.63, 3.8) is 0 Å². The number of rotatable bonds is 2. The highest BCUT2D eigenvalue weighted by atomic mass is 32.2. The highest BCUT2D eigenvalue weighted by molar-refractivity contribution is 7.99. The van der Waals surface area contributed by atoms with Crippen molar-refractivity contribution in [3.05, 3.63) is 22.8 Å². The molecule has 3 heterocycles. The molecule has 0 aliphatic heterocycles. The SMILES string of the molecule is Cc1c(Sc2nnc(C)n2N)nn2c(C(F)(F)F)nnc2c1C. The normalized spacial score (nSPS) is 12.3. The maximum absolute atomic E-state index is 13.0. The van der Waals surface area contributed by atoms with Crippen LogP contribution in [-0.4, -0.2) is 34.7 Å². The number of fused-ring (bicyclic) bond motifs is 1. The van der Waals surface area contributed by atoms with Crippen LogP contribution in [-0.2, 0) is 6.18 Å². The fraction of sp³-hybridized carbons (Fsp3) is 0.364. The molecule has 0 radical (unpaired) electrons. The molecule has 0 saturated heterocycles. The molecule has 0 aliphatic carbocycles. The van der Waals surface area contributed by atoms with E-state index in [0.29, 0.717) is 31.6 Å². The molecule has 2 N–H and O–H groups in total. The summed E-state index contributed by atoms with van der Waals surface area (Å²) < 4.78 is 40.9. The Hall–Kier alpha value is -2.37. The van der Waals surface area contributed by atoms with E-state index < -0.39 is 12.0 Å². The van der Waals surface area contributed by atoms with Gasteiger partial charge < -0.3 is 5.84 Å². The van der Waals surface area contributed by atoms with Gasteiger partial charge >= 0.3 is 6.18 Å². The van der Waals surface area contributed by atoms with Gasteiger partial charge in [0.25, 0.3) is 5.82 Å². The number of nitrogens with two attached hydrogens (primary N) is 1. The number of hydrogen-bond donors (Lipinski definition) is 1. The third kappa shape index (κ3) is 2.48. The van der Waals surface area contributed by atoms with E-state index in [1.807, 2.05) is 0 Å². The van der Waals surface area contributed by atoms with Crippen molar-refractivity contribution in [3.8, 4) is 0 Å². The van der Waals surface area contributed by atoms with Gasteiger partial charge in [-0.3, -0.25) is 0 Å². The van der Waals surface area contributed by atoms with Gasteiger partial charge in [0.2, 0.25) is 5.16 Å². The number of nitrogen functional groups attached to an aromatic ring is 1.